The smallest absolute Gasteiger partial charge is 0.416 e. The normalized spacial score (nSPS) is 12.9. The number of rotatable bonds is 4. The van der Waals surface area contributed by atoms with Crippen LogP contribution in [0.4, 0.5) is 13.2 Å². The molecule has 1 rings (SSSR count). The molecular formula is C12H13F3O3. The first-order valence-electron chi connectivity index (χ1n) is 5.35. The Labute approximate surface area is 103 Å². The number of benzene rings is 1. The fourth-order valence-electron chi connectivity index (χ4n) is 1.26. The Balaban J connectivity index is 2.76. The van der Waals surface area contributed by atoms with E-state index in [4.69, 9.17) is 4.74 Å². The maximum atomic E-state index is 12.4. The minimum atomic E-state index is -4.44. The first kappa shape index (κ1) is 14.3. The highest BCUT2D eigenvalue weighted by molar-refractivity contribution is 5.74. The summed E-state index contributed by atoms with van der Waals surface area (Å²) in [6, 6.07) is 4.35. The van der Waals surface area contributed by atoms with Gasteiger partial charge in [0.2, 0.25) is 0 Å². The largest absolute Gasteiger partial charge is 0.479 e. The fourth-order valence-corrected chi connectivity index (χ4v) is 1.26. The maximum Gasteiger partial charge on any atom is 0.416 e. The summed E-state index contributed by atoms with van der Waals surface area (Å²) < 4.78 is 47.1. The van der Waals surface area contributed by atoms with Crippen molar-refractivity contribution in [3.63, 3.8) is 0 Å². The van der Waals surface area contributed by atoms with Crippen LogP contribution in [-0.4, -0.2) is 18.7 Å². The SMILES string of the molecule is CCOC(=O)C(C)Oc1cccc(C(F)(F)F)c1. The topological polar surface area (TPSA) is 35.5 Å². The standard InChI is InChI=1S/C12H13F3O3/c1-3-17-11(16)8(2)18-10-6-4-5-9(7-10)12(13,14)15/h4-8H,3H2,1-2H3. The average Bonchev–Trinajstić information content (AvgIpc) is 2.28. The van der Waals surface area contributed by atoms with Gasteiger partial charge < -0.3 is 9.47 Å². The number of alkyl halides is 3. The Bertz CT molecular complexity index is 415. The van der Waals surface area contributed by atoms with Crippen molar-refractivity contribution < 1.29 is 27.4 Å². The van der Waals surface area contributed by atoms with E-state index in [1.54, 1.807) is 6.92 Å². The lowest BCUT2D eigenvalue weighted by Crippen LogP contribution is -2.26. The first-order valence-corrected chi connectivity index (χ1v) is 5.35. The van der Waals surface area contributed by atoms with Crippen LogP contribution in [0.25, 0.3) is 0 Å². The number of halogens is 3. The second-order valence-electron chi connectivity index (χ2n) is 3.54. The van der Waals surface area contributed by atoms with Crippen molar-refractivity contribution >= 4 is 5.97 Å². The Morgan fingerprint density at radius 1 is 1.39 bits per heavy atom. The highest BCUT2D eigenvalue weighted by Gasteiger charge is 2.30. The number of carbonyl (C=O) groups excluding carboxylic acids is 1. The Morgan fingerprint density at radius 3 is 2.61 bits per heavy atom. The molecule has 1 unspecified atom stereocenters. The number of esters is 1. The molecule has 0 saturated carbocycles. The molecule has 6 heteroatoms. The van der Waals surface area contributed by atoms with Gasteiger partial charge in [-0.15, -0.1) is 0 Å². The molecule has 0 bridgehead atoms. The van der Waals surface area contributed by atoms with Crippen LogP contribution in [0.2, 0.25) is 0 Å². The summed E-state index contributed by atoms with van der Waals surface area (Å²) in [6.07, 6.45) is -5.39. The van der Waals surface area contributed by atoms with E-state index >= 15 is 0 Å². The van der Waals surface area contributed by atoms with E-state index in [1.165, 1.54) is 19.1 Å². The Hall–Kier alpha value is -1.72. The summed E-state index contributed by atoms with van der Waals surface area (Å²) in [5.41, 5.74) is -0.823. The van der Waals surface area contributed by atoms with Gasteiger partial charge in [-0.3, -0.25) is 0 Å². The second-order valence-corrected chi connectivity index (χ2v) is 3.54. The lowest BCUT2D eigenvalue weighted by Gasteiger charge is -2.14. The Kier molecular flexibility index (Phi) is 4.58. The highest BCUT2D eigenvalue weighted by atomic mass is 19.4. The molecule has 100 valence electrons. The average molecular weight is 262 g/mol. The van der Waals surface area contributed by atoms with Gasteiger partial charge in [-0.25, -0.2) is 4.79 Å². The van der Waals surface area contributed by atoms with Crippen molar-refractivity contribution in [3.8, 4) is 5.75 Å². The zero-order chi connectivity index (χ0) is 13.8. The van der Waals surface area contributed by atoms with Gasteiger partial charge in [0, 0.05) is 0 Å². The summed E-state index contributed by atoms with van der Waals surface area (Å²) in [6.45, 7) is 3.24. The molecule has 1 atom stereocenters. The summed E-state index contributed by atoms with van der Waals surface area (Å²) >= 11 is 0. The van der Waals surface area contributed by atoms with E-state index in [9.17, 15) is 18.0 Å². The van der Waals surface area contributed by atoms with Crippen LogP contribution >= 0.6 is 0 Å². The van der Waals surface area contributed by atoms with Crippen LogP contribution in [0, 0.1) is 0 Å². The van der Waals surface area contributed by atoms with Crippen molar-refractivity contribution in [1.82, 2.24) is 0 Å². The van der Waals surface area contributed by atoms with E-state index in [0.29, 0.717) is 0 Å². The molecule has 18 heavy (non-hydrogen) atoms. The maximum absolute atomic E-state index is 12.4. The predicted molar refractivity (Wildman–Crippen MR) is 58.2 cm³/mol. The van der Waals surface area contributed by atoms with E-state index in [2.05, 4.69) is 4.74 Å². The molecule has 0 aromatic heterocycles. The molecule has 0 heterocycles. The molecule has 0 amide bonds. The Morgan fingerprint density at radius 2 is 2.06 bits per heavy atom. The van der Waals surface area contributed by atoms with Gasteiger partial charge >= 0.3 is 12.1 Å². The molecule has 0 aliphatic heterocycles. The summed E-state index contributed by atoms with van der Waals surface area (Å²) in [5.74, 6) is -0.639. The van der Waals surface area contributed by atoms with Gasteiger partial charge in [0.1, 0.15) is 5.75 Å². The molecule has 1 aromatic rings. The molecule has 3 nitrogen and oxygen atoms in total. The lowest BCUT2D eigenvalue weighted by molar-refractivity contribution is -0.150. The summed E-state index contributed by atoms with van der Waals surface area (Å²) in [7, 11) is 0. The monoisotopic (exact) mass is 262 g/mol. The molecule has 0 radical (unpaired) electrons. The van der Waals surface area contributed by atoms with Crippen LogP contribution < -0.4 is 4.74 Å². The van der Waals surface area contributed by atoms with E-state index < -0.39 is 23.8 Å². The van der Waals surface area contributed by atoms with Crippen LogP contribution in [0.3, 0.4) is 0 Å². The van der Waals surface area contributed by atoms with Crippen LogP contribution in [0.15, 0.2) is 24.3 Å². The molecule has 0 aliphatic carbocycles. The van der Waals surface area contributed by atoms with Crippen molar-refractivity contribution in [1.29, 1.82) is 0 Å². The number of hydrogen-bond acceptors (Lipinski definition) is 3. The van der Waals surface area contributed by atoms with Gasteiger partial charge in [0.15, 0.2) is 6.10 Å². The zero-order valence-electron chi connectivity index (χ0n) is 9.95. The predicted octanol–water partition coefficient (Wildman–Crippen LogP) is 3.04. The minimum absolute atomic E-state index is 0.0228. The van der Waals surface area contributed by atoms with Crippen LogP contribution in [0.1, 0.15) is 19.4 Å². The van der Waals surface area contributed by atoms with Gasteiger partial charge in [-0.1, -0.05) is 6.07 Å². The third-order valence-electron chi connectivity index (χ3n) is 2.09. The lowest BCUT2D eigenvalue weighted by atomic mass is 10.2. The van der Waals surface area contributed by atoms with Crippen molar-refractivity contribution in [3.05, 3.63) is 29.8 Å². The van der Waals surface area contributed by atoms with Crippen molar-refractivity contribution in [2.75, 3.05) is 6.61 Å². The quantitative estimate of drug-likeness (QED) is 0.782. The minimum Gasteiger partial charge on any atom is -0.479 e. The van der Waals surface area contributed by atoms with E-state index in [1.807, 2.05) is 0 Å². The molecule has 1 aromatic carbocycles. The molecule has 0 N–H and O–H groups in total. The zero-order valence-corrected chi connectivity index (χ0v) is 9.95. The highest BCUT2D eigenvalue weighted by Crippen LogP contribution is 2.31. The van der Waals surface area contributed by atoms with Gasteiger partial charge in [-0.2, -0.15) is 13.2 Å². The summed E-state index contributed by atoms with van der Waals surface area (Å²) in [4.78, 5) is 11.3. The third kappa shape index (κ3) is 3.94. The third-order valence-corrected chi connectivity index (χ3v) is 2.09. The molecule has 0 spiro atoms. The molecule has 0 fully saturated rings. The second kappa shape index (κ2) is 5.75. The number of carbonyl (C=O) groups is 1. The van der Waals surface area contributed by atoms with Crippen LogP contribution in [-0.2, 0) is 15.7 Å². The summed E-state index contributed by atoms with van der Waals surface area (Å²) in [5, 5.41) is 0. The van der Waals surface area contributed by atoms with Gasteiger partial charge in [0.25, 0.3) is 0 Å². The molecule has 0 aliphatic rings. The molecule has 0 saturated heterocycles. The van der Waals surface area contributed by atoms with Crippen molar-refractivity contribution in [2.24, 2.45) is 0 Å². The van der Waals surface area contributed by atoms with Gasteiger partial charge in [-0.05, 0) is 32.0 Å². The van der Waals surface area contributed by atoms with E-state index in [-0.39, 0.29) is 12.4 Å². The number of ether oxygens (including phenoxy) is 2. The first-order chi connectivity index (χ1) is 8.34. The van der Waals surface area contributed by atoms with E-state index in [0.717, 1.165) is 12.1 Å². The fraction of sp³-hybridized carbons (Fsp3) is 0.417. The number of hydrogen-bond donors (Lipinski definition) is 0. The van der Waals surface area contributed by atoms with Crippen LogP contribution in [0.5, 0.6) is 5.75 Å². The van der Waals surface area contributed by atoms with Gasteiger partial charge in [0.05, 0.1) is 12.2 Å². The van der Waals surface area contributed by atoms with Crippen molar-refractivity contribution in [2.45, 2.75) is 26.1 Å². The molecular weight excluding hydrogens is 249 g/mol.